The van der Waals surface area contributed by atoms with Crippen LogP contribution in [0.15, 0.2) is 42.5 Å². The number of methoxy groups -OCH3 is 1. The van der Waals surface area contributed by atoms with Crippen LogP contribution in [-0.2, 0) is 0 Å². The normalized spacial score (nSPS) is 17.2. The van der Waals surface area contributed by atoms with Crippen molar-refractivity contribution in [3.63, 3.8) is 0 Å². The van der Waals surface area contributed by atoms with Gasteiger partial charge >= 0.3 is 0 Å². The van der Waals surface area contributed by atoms with E-state index >= 15 is 0 Å². The molecular formula is C26H34ClN3O3. The molecule has 0 saturated carbocycles. The number of ether oxygens (including phenoxy) is 2. The molecule has 178 valence electrons. The van der Waals surface area contributed by atoms with Crippen LogP contribution >= 0.6 is 11.6 Å². The Labute approximate surface area is 202 Å². The van der Waals surface area contributed by atoms with Crippen molar-refractivity contribution < 1.29 is 14.3 Å². The Morgan fingerprint density at radius 3 is 2.36 bits per heavy atom. The molecule has 1 amide bonds. The fourth-order valence-electron chi connectivity index (χ4n) is 4.60. The van der Waals surface area contributed by atoms with E-state index in [0.29, 0.717) is 29.4 Å². The van der Waals surface area contributed by atoms with Crippen molar-refractivity contribution in [1.82, 2.24) is 9.80 Å². The zero-order valence-corrected chi connectivity index (χ0v) is 20.2. The summed E-state index contributed by atoms with van der Waals surface area (Å²) in [5.74, 6) is 1.43. The average molecular weight is 472 g/mol. The lowest BCUT2D eigenvalue weighted by Crippen LogP contribution is -2.48. The number of nitrogens with zero attached hydrogens (tertiary/aromatic N) is 3. The highest BCUT2D eigenvalue weighted by Gasteiger charge is 2.24. The fraction of sp³-hybridized carbons (Fsp3) is 0.500. The summed E-state index contributed by atoms with van der Waals surface area (Å²) in [6, 6.07) is 13.5. The van der Waals surface area contributed by atoms with Crippen molar-refractivity contribution in [2.45, 2.75) is 25.7 Å². The Morgan fingerprint density at radius 1 is 0.939 bits per heavy atom. The third kappa shape index (κ3) is 6.33. The van der Waals surface area contributed by atoms with Crippen LogP contribution in [0.3, 0.4) is 0 Å². The molecular weight excluding hydrogens is 438 g/mol. The summed E-state index contributed by atoms with van der Waals surface area (Å²) in [4.78, 5) is 19.7. The van der Waals surface area contributed by atoms with Gasteiger partial charge in [0.1, 0.15) is 11.5 Å². The molecule has 0 radical (unpaired) electrons. The fourth-order valence-corrected chi connectivity index (χ4v) is 4.77. The molecule has 2 aromatic carbocycles. The molecule has 4 rings (SSSR count). The molecule has 0 aliphatic carbocycles. The molecule has 2 heterocycles. The van der Waals surface area contributed by atoms with Crippen molar-refractivity contribution >= 4 is 23.2 Å². The number of halogens is 1. The van der Waals surface area contributed by atoms with Crippen molar-refractivity contribution in [1.29, 1.82) is 0 Å². The molecule has 0 aromatic heterocycles. The molecule has 2 aromatic rings. The van der Waals surface area contributed by atoms with Crippen LogP contribution in [0.2, 0.25) is 5.02 Å². The van der Waals surface area contributed by atoms with E-state index in [9.17, 15) is 4.79 Å². The van der Waals surface area contributed by atoms with Gasteiger partial charge < -0.3 is 24.2 Å². The number of hydrogen-bond donors (Lipinski definition) is 0. The van der Waals surface area contributed by atoms with Gasteiger partial charge in [-0.25, -0.2) is 0 Å². The minimum atomic E-state index is -0.0395. The van der Waals surface area contributed by atoms with Crippen LogP contribution in [0, 0.1) is 0 Å². The lowest BCUT2D eigenvalue weighted by molar-refractivity contribution is 0.0743. The standard InChI is InChI=1S/C26H34ClN3O3/c1-32-25-11-6-21(27)20-24(25)26(31)30-17-15-29(16-18-30)22-7-9-23(10-8-22)33-19-5-14-28-12-3-2-4-13-28/h6-11,20H,2-5,12-19H2,1H3. The minimum Gasteiger partial charge on any atom is -0.496 e. The van der Waals surface area contributed by atoms with Crippen LogP contribution in [0.5, 0.6) is 11.5 Å². The second-order valence-corrected chi connectivity index (χ2v) is 9.16. The summed E-state index contributed by atoms with van der Waals surface area (Å²) < 4.78 is 11.3. The van der Waals surface area contributed by atoms with E-state index in [4.69, 9.17) is 21.1 Å². The SMILES string of the molecule is COc1ccc(Cl)cc1C(=O)N1CCN(c2ccc(OCCCN3CCCCC3)cc2)CC1. The third-order valence-corrected chi connectivity index (χ3v) is 6.73. The second-order valence-electron chi connectivity index (χ2n) is 8.72. The Bertz CT molecular complexity index is 907. The molecule has 0 spiro atoms. The van der Waals surface area contributed by atoms with Gasteiger partial charge in [-0.3, -0.25) is 4.79 Å². The maximum atomic E-state index is 13.0. The summed E-state index contributed by atoms with van der Waals surface area (Å²) in [7, 11) is 1.57. The Balaban J connectivity index is 1.23. The average Bonchev–Trinajstić information content (AvgIpc) is 2.87. The lowest BCUT2D eigenvalue weighted by Gasteiger charge is -2.36. The summed E-state index contributed by atoms with van der Waals surface area (Å²) in [6.07, 6.45) is 5.11. The molecule has 33 heavy (non-hydrogen) atoms. The minimum absolute atomic E-state index is 0.0395. The van der Waals surface area contributed by atoms with Crippen molar-refractivity contribution in [2.75, 3.05) is 64.4 Å². The Hall–Kier alpha value is -2.44. The maximum Gasteiger partial charge on any atom is 0.257 e. The molecule has 7 heteroatoms. The molecule has 2 aliphatic heterocycles. The molecule has 2 saturated heterocycles. The summed E-state index contributed by atoms with van der Waals surface area (Å²) in [5, 5.41) is 0.534. The highest BCUT2D eigenvalue weighted by molar-refractivity contribution is 6.31. The van der Waals surface area contributed by atoms with Crippen molar-refractivity contribution in [3.05, 3.63) is 53.1 Å². The van der Waals surface area contributed by atoms with E-state index in [1.165, 1.54) is 32.4 Å². The summed E-state index contributed by atoms with van der Waals surface area (Å²) in [5.41, 5.74) is 1.67. The quantitative estimate of drug-likeness (QED) is 0.528. The van der Waals surface area contributed by atoms with E-state index in [1.807, 2.05) is 17.0 Å². The van der Waals surface area contributed by atoms with Gasteiger partial charge in [-0.1, -0.05) is 18.0 Å². The largest absolute Gasteiger partial charge is 0.496 e. The van der Waals surface area contributed by atoms with Crippen LogP contribution < -0.4 is 14.4 Å². The van der Waals surface area contributed by atoms with Gasteiger partial charge in [0.15, 0.2) is 0 Å². The molecule has 0 atom stereocenters. The van der Waals surface area contributed by atoms with Gasteiger partial charge in [-0.2, -0.15) is 0 Å². The smallest absolute Gasteiger partial charge is 0.257 e. The zero-order valence-electron chi connectivity index (χ0n) is 19.5. The van der Waals surface area contributed by atoms with Crippen LogP contribution in [0.1, 0.15) is 36.0 Å². The maximum absolute atomic E-state index is 13.0. The number of rotatable bonds is 8. The first-order chi connectivity index (χ1) is 16.1. The van der Waals surface area contributed by atoms with Gasteiger partial charge in [-0.05, 0) is 74.8 Å². The van der Waals surface area contributed by atoms with Gasteiger partial charge in [0.05, 0.1) is 19.3 Å². The number of piperazine rings is 1. The van der Waals surface area contributed by atoms with E-state index in [0.717, 1.165) is 44.1 Å². The number of piperidine rings is 1. The molecule has 2 fully saturated rings. The number of carbonyl (C=O) groups excluding carboxylic acids is 1. The number of amides is 1. The first-order valence-electron chi connectivity index (χ1n) is 12.0. The van der Waals surface area contributed by atoms with Crippen LogP contribution in [0.25, 0.3) is 0 Å². The lowest BCUT2D eigenvalue weighted by atomic mass is 10.1. The monoisotopic (exact) mass is 471 g/mol. The Kier molecular flexibility index (Phi) is 8.35. The first kappa shape index (κ1) is 23.7. The van der Waals surface area contributed by atoms with E-state index in [-0.39, 0.29) is 5.91 Å². The number of anilines is 1. The number of benzene rings is 2. The topological polar surface area (TPSA) is 45.3 Å². The van der Waals surface area contributed by atoms with Gasteiger partial charge in [0.25, 0.3) is 5.91 Å². The van der Waals surface area contributed by atoms with Crippen LogP contribution in [-0.4, -0.2) is 75.2 Å². The van der Waals surface area contributed by atoms with Crippen LogP contribution in [0.4, 0.5) is 5.69 Å². The second kappa shape index (κ2) is 11.6. The molecule has 2 aliphatic rings. The van der Waals surface area contributed by atoms with Crippen molar-refractivity contribution in [2.24, 2.45) is 0 Å². The predicted molar refractivity (Wildman–Crippen MR) is 133 cm³/mol. The van der Waals surface area contributed by atoms with E-state index < -0.39 is 0 Å². The van der Waals surface area contributed by atoms with E-state index in [2.05, 4.69) is 21.9 Å². The summed E-state index contributed by atoms with van der Waals surface area (Å²) >= 11 is 6.10. The van der Waals surface area contributed by atoms with Crippen molar-refractivity contribution in [3.8, 4) is 11.5 Å². The molecule has 0 N–H and O–H groups in total. The first-order valence-corrected chi connectivity index (χ1v) is 12.3. The highest BCUT2D eigenvalue weighted by atomic mass is 35.5. The van der Waals surface area contributed by atoms with Gasteiger partial charge in [-0.15, -0.1) is 0 Å². The number of carbonyl (C=O) groups is 1. The summed E-state index contributed by atoms with van der Waals surface area (Å²) in [6.45, 7) is 7.23. The number of hydrogen-bond acceptors (Lipinski definition) is 5. The Morgan fingerprint density at radius 2 is 1.67 bits per heavy atom. The molecule has 0 bridgehead atoms. The van der Waals surface area contributed by atoms with Gasteiger partial charge in [0, 0.05) is 43.4 Å². The highest BCUT2D eigenvalue weighted by Crippen LogP contribution is 2.26. The third-order valence-electron chi connectivity index (χ3n) is 6.50. The van der Waals surface area contributed by atoms with E-state index in [1.54, 1.807) is 25.3 Å². The zero-order chi connectivity index (χ0) is 23.0. The molecule has 0 unspecified atom stereocenters. The predicted octanol–water partition coefficient (Wildman–Crippen LogP) is 4.57. The van der Waals surface area contributed by atoms with Gasteiger partial charge in [0.2, 0.25) is 0 Å². The number of likely N-dealkylation sites (tertiary alicyclic amines) is 1. The molecule has 6 nitrogen and oxygen atoms in total.